The molecule has 0 saturated carbocycles. The van der Waals surface area contributed by atoms with Gasteiger partial charge in [0.25, 0.3) is 9.04 Å². The molecular weight excluding hydrogens is 412 g/mol. The normalized spacial score (nSPS) is 17.9. The van der Waals surface area contributed by atoms with E-state index < -0.39 is 15.1 Å². The predicted octanol–water partition coefficient (Wildman–Crippen LogP) is 6.63. The number of rotatable bonds is 6. The molecule has 1 aliphatic rings. The van der Waals surface area contributed by atoms with Crippen molar-refractivity contribution in [2.24, 2.45) is 0 Å². The van der Waals surface area contributed by atoms with Gasteiger partial charge >= 0.3 is 0 Å². The van der Waals surface area contributed by atoms with E-state index in [1.165, 1.54) is 17.5 Å². The highest BCUT2D eigenvalue weighted by molar-refractivity contribution is 8.17. The average molecular weight is 446 g/mol. The van der Waals surface area contributed by atoms with E-state index in [9.17, 15) is 5.11 Å². The van der Waals surface area contributed by atoms with Crippen LogP contribution in [0.1, 0.15) is 55.9 Å². The van der Waals surface area contributed by atoms with E-state index >= 15 is 0 Å². The summed E-state index contributed by atoms with van der Waals surface area (Å²) < 4.78 is 6.77. The first kappa shape index (κ1) is 22.8. The van der Waals surface area contributed by atoms with Crippen LogP contribution in [0, 0.1) is 0 Å². The minimum absolute atomic E-state index is 0.0356. The molecule has 0 bridgehead atoms. The van der Waals surface area contributed by atoms with E-state index in [2.05, 4.69) is 76.3 Å². The van der Waals surface area contributed by atoms with Gasteiger partial charge in [-0.05, 0) is 47.6 Å². The van der Waals surface area contributed by atoms with Crippen molar-refractivity contribution in [3.05, 3.63) is 65.2 Å². The lowest BCUT2D eigenvalue weighted by atomic mass is 9.82. The molecule has 0 aliphatic carbocycles. The summed E-state index contributed by atoms with van der Waals surface area (Å²) in [6, 6.07) is 16.8. The topological polar surface area (TPSA) is 29.5 Å². The zero-order chi connectivity index (χ0) is 21.0. The fourth-order valence-electron chi connectivity index (χ4n) is 3.77. The molecule has 5 heteroatoms. The summed E-state index contributed by atoms with van der Waals surface area (Å²) in [5.74, 6) is 3.26. The molecule has 0 amide bonds. The maximum Gasteiger partial charge on any atom is 0.274 e. The van der Waals surface area contributed by atoms with Gasteiger partial charge in [0.15, 0.2) is 0 Å². The van der Waals surface area contributed by atoms with E-state index in [0.717, 1.165) is 22.8 Å². The quantitative estimate of drug-likeness (QED) is 0.505. The van der Waals surface area contributed by atoms with E-state index in [0.29, 0.717) is 4.58 Å². The van der Waals surface area contributed by atoms with Crippen LogP contribution >= 0.6 is 23.5 Å². The monoisotopic (exact) mass is 445 g/mol. The maximum absolute atomic E-state index is 11.8. The average Bonchev–Trinajstić information content (AvgIpc) is 2.68. The molecule has 1 saturated heterocycles. The number of hydrogen-bond donors (Lipinski definition) is 1. The lowest BCUT2D eigenvalue weighted by Crippen LogP contribution is -2.25. The second kappa shape index (κ2) is 9.95. The Labute approximate surface area is 186 Å². The van der Waals surface area contributed by atoms with Gasteiger partial charge in [-0.25, -0.2) is 0 Å². The predicted molar refractivity (Wildman–Crippen MR) is 131 cm³/mol. The highest BCUT2D eigenvalue weighted by Crippen LogP contribution is 2.49. The highest BCUT2D eigenvalue weighted by Gasteiger charge is 2.35. The smallest absolute Gasteiger partial charge is 0.274 e. The van der Waals surface area contributed by atoms with Crippen molar-refractivity contribution in [3.63, 3.8) is 0 Å². The Hall–Kier alpha value is -0.883. The Morgan fingerprint density at radius 3 is 2.24 bits per heavy atom. The fourth-order valence-corrected chi connectivity index (χ4v) is 7.66. The number of aliphatic hydroxyl groups is 1. The Morgan fingerprint density at radius 2 is 1.66 bits per heavy atom. The molecule has 1 fully saturated rings. The Bertz CT molecular complexity index is 783. The van der Waals surface area contributed by atoms with Crippen molar-refractivity contribution < 1.29 is 9.53 Å². The van der Waals surface area contributed by atoms with E-state index in [1.807, 2.05) is 29.6 Å². The third-order valence-corrected chi connectivity index (χ3v) is 8.87. The molecule has 0 aromatic heterocycles. The third kappa shape index (κ3) is 5.63. The zero-order valence-electron chi connectivity index (χ0n) is 18.1. The first-order valence-electron chi connectivity index (χ1n) is 10.4. The van der Waals surface area contributed by atoms with Gasteiger partial charge in [0.2, 0.25) is 0 Å². The summed E-state index contributed by atoms with van der Waals surface area (Å²) in [6.07, 6.45) is 0.647. The van der Waals surface area contributed by atoms with Crippen molar-refractivity contribution in [3.8, 4) is 5.75 Å². The third-order valence-electron chi connectivity index (χ3n) is 5.15. The number of thioether (sulfide) groups is 2. The van der Waals surface area contributed by atoms with E-state index in [1.54, 1.807) is 0 Å². The van der Waals surface area contributed by atoms with Crippen LogP contribution in [0.15, 0.2) is 48.5 Å². The molecule has 1 N–H and O–H groups in total. The standard InChI is InChI=1S/C24H33O2S2Si/c1-24(2,3)19-14-9-13-18(22(19)26-29(4)5)21(25)20(17-11-7-6-8-12-17)23-27-15-10-16-28-23/h6-9,11-14,20-21,23,25H,10,15-16H2,1-5H3. The Balaban J connectivity index is 2.08. The Kier molecular flexibility index (Phi) is 7.82. The largest absolute Gasteiger partial charge is 0.542 e. The van der Waals surface area contributed by atoms with Gasteiger partial charge < -0.3 is 9.53 Å². The molecule has 2 unspecified atom stereocenters. The Morgan fingerprint density at radius 1 is 1.00 bits per heavy atom. The minimum Gasteiger partial charge on any atom is -0.542 e. The van der Waals surface area contributed by atoms with Gasteiger partial charge in [-0.2, -0.15) is 0 Å². The SMILES string of the molecule is C[Si](C)Oc1c(C(O)C(c2ccccc2)C2SCCCS2)cccc1C(C)(C)C. The number of para-hydroxylation sites is 1. The number of hydrogen-bond acceptors (Lipinski definition) is 4. The van der Waals surface area contributed by atoms with E-state index in [-0.39, 0.29) is 11.3 Å². The van der Waals surface area contributed by atoms with E-state index in [4.69, 9.17) is 4.43 Å². The number of aliphatic hydroxyl groups excluding tert-OH is 1. The van der Waals surface area contributed by atoms with Crippen molar-refractivity contribution in [2.45, 2.75) is 62.3 Å². The summed E-state index contributed by atoms with van der Waals surface area (Å²) in [4.78, 5) is 0. The van der Waals surface area contributed by atoms with Crippen LogP contribution in [0.5, 0.6) is 5.75 Å². The van der Waals surface area contributed by atoms with Crippen LogP contribution in [-0.2, 0) is 5.41 Å². The lowest BCUT2D eigenvalue weighted by Gasteiger charge is -2.35. The van der Waals surface area contributed by atoms with Crippen LogP contribution in [0.3, 0.4) is 0 Å². The molecule has 3 rings (SSSR count). The van der Waals surface area contributed by atoms with Crippen molar-refractivity contribution >= 4 is 32.6 Å². The zero-order valence-corrected chi connectivity index (χ0v) is 20.8. The molecule has 2 atom stereocenters. The molecule has 1 radical (unpaired) electrons. The summed E-state index contributed by atoms with van der Waals surface area (Å²) in [5.41, 5.74) is 3.27. The van der Waals surface area contributed by atoms with Crippen LogP contribution in [-0.4, -0.2) is 30.2 Å². The first-order chi connectivity index (χ1) is 13.8. The van der Waals surface area contributed by atoms with Crippen LogP contribution in [0.4, 0.5) is 0 Å². The molecule has 0 spiro atoms. The second-order valence-electron chi connectivity index (χ2n) is 8.83. The molecule has 2 aromatic rings. The van der Waals surface area contributed by atoms with Crippen molar-refractivity contribution in [2.75, 3.05) is 11.5 Å². The number of benzene rings is 2. The lowest BCUT2D eigenvalue weighted by molar-refractivity contribution is 0.148. The summed E-state index contributed by atoms with van der Waals surface area (Å²) in [7, 11) is -0.959. The molecule has 157 valence electrons. The molecule has 2 aromatic carbocycles. The van der Waals surface area contributed by atoms with Crippen molar-refractivity contribution in [1.82, 2.24) is 0 Å². The summed E-state index contributed by atoms with van der Waals surface area (Å²) in [6.45, 7) is 10.9. The van der Waals surface area contributed by atoms with Crippen LogP contribution < -0.4 is 4.43 Å². The maximum atomic E-state index is 11.8. The van der Waals surface area contributed by atoms with Crippen LogP contribution in [0.2, 0.25) is 13.1 Å². The summed E-state index contributed by atoms with van der Waals surface area (Å²) in [5, 5.41) is 11.8. The van der Waals surface area contributed by atoms with Crippen LogP contribution in [0.25, 0.3) is 0 Å². The first-order valence-corrected chi connectivity index (χ1v) is 14.9. The van der Waals surface area contributed by atoms with Gasteiger partial charge in [-0.15, -0.1) is 23.5 Å². The molecular formula is C24H33O2S2Si. The molecule has 29 heavy (non-hydrogen) atoms. The highest BCUT2D eigenvalue weighted by atomic mass is 32.2. The van der Waals surface area contributed by atoms with Gasteiger partial charge in [-0.3, -0.25) is 0 Å². The molecule has 1 heterocycles. The van der Waals surface area contributed by atoms with Crippen molar-refractivity contribution in [1.29, 1.82) is 0 Å². The molecule has 1 aliphatic heterocycles. The minimum atomic E-state index is -0.959. The fraction of sp³-hybridized carbons (Fsp3) is 0.500. The van der Waals surface area contributed by atoms with Gasteiger partial charge in [-0.1, -0.05) is 69.3 Å². The summed E-state index contributed by atoms with van der Waals surface area (Å²) >= 11 is 3.97. The second-order valence-corrected chi connectivity index (χ2v) is 13.6. The van der Waals surface area contributed by atoms with Gasteiger partial charge in [0.1, 0.15) is 5.75 Å². The molecule has 2 nitrogen and oxygen atoms in total. The van der Waals surface area contributed by atoms with Gasteiger partial charge in [0.05, 0.1) is 10.7 Å². The van der Waals surface area contributed by atoms with Gasteiger partial charge in [0, 0.05) is 11.5 Å².